The average Bonchev–Trinajstić information content (AvgIpc) is 2.37. The van der Waals surface area contributed by atoms with Crippen molar-refractivity contribution < 1.29 is 9.53 Å². The van der Waals surface area contributed by atoms with Gasteiger partial charge in [0.2, 0.25) is 0 Å². The molecule has 1 aromatic rings. The molecule has 0 spiro atoms. The van der Waals surface area contributed by atoms with Crippen molar-refractivity contribution in [3.8, 4) is 0 Å². The Hall–Kier alpha value is -0.903. The highest BCUT2D eigenvalue weighted by molar-refractivity contribution is 6.72. The summed E-state index contributed by atoms with van der Waals surface area (Å²) >= 11 is 0. The SMILES string of the molecule is C=CCOCc1ccc(CCC(C)(C)[Si](C)(C)O)cc1. The van der Waals surface area contributed by atoms with Crippen LogP contribution in [0.25, 0.3) is 0 Å². The molecule has 1 rings (SSSR count). The molecule has 0 aliphatic rings. The van der Waals surface area contributed by atoms with Crippen LogP contribution >= 0.6 is 0 Å². The Morgan fingerprint density at radius 1 is 1.20 bits per heavy atom. The number of ether oxygens (including phenoxy) is 1. The lowest BCUT2D eigenvalue weighted by molar-refractivity contribution is 0.149. The van der Waals surface area contributed by atoms with E-state index in [0.717, 1.165) is 12.8 Å². The predicted molar refractivity (Wildman–Crippen MR) is 88.4 cm³/mol. The van der Waals surface area contributed by atoms with Gasteiger partial charge in [-0.1, -0.05) is 44.2 Å². The first kappa shape index (κ1) is 17.1. The molecule has 0 bridgehead atoms. The molecule has 0 amide bonds. The molecule has 0 fully saturated rings. The molecule has 20 heavy (non-hydrogen) atoms. The normalized spacial score (nSPS) is 12.4. The van der Waals surface area contributed by atoms with E-state index in [0.29, 0.717) is 13.2 Å². The zero-order chi connectivity index (χ0) is 15.2. The van der Waals surface area contributed by atoms with Gasteiger partial charge in [-0.25, -0.2) is 0 Å². The van der Waals surface area contributed by atoms with Gasteiger partial charge < -0.3 is 9.53 Å². The van der Waals surface area contributed by atoms with E-state index in [1.54, 1.807) is 6.08 Å². The third kappa shape index (κ3) is 5.23. The highest BCUT2D eigenvalue weighted by Crippen LogP contribution is 2.39. The Kier molecular flexibility index (Phi) is 6.18. The van der Waals surface area contributed by atoms with Crippen molar-refractivity contribution in [3.05, 3.63) is 48.0 Å². The van der Waals surface area contributed by atoms with Gasteiger partial charge in [0.25, 0.3) is 0 Å². The van der Waals surface area contributed by atoms with Crippen LogP contribution in [0.2, 0.25) is 18.1 Å². The van der Waals surface area contributed by atoms with E-state index in [-0.39, 0.29) is 5.04 Å². The number of benzene rings is 1. The van der Waals surface area contributed by atoms with Crippen molar-refractivity contribution in [1.82, 2.24) is 0 Å². The first-order valence-electron chi connectivity index (χ1n) is 7.25. The van der Waals surface area contributed by atoms with Gasteiger partial charge in [0, 0.05) is 0 Å². The topological polar surface area (TPSA) is 29.5 Å². The van der Waals surface area contributed by atoms with E-state index in [2.05, 4.69) is 44.7 Å². The summed E-state index contributed by atoms with van der Waals surface area (Å²) in [5, 5.41) is 0.0404. The molecular weight excluding hydrogens is 264 g/mol. The molecule has 0 atom stereocenters. The van der Waals surface area contributed by atoms with Crippen LogP contribution < -0.4 is 0 Å². The maximum Gasteiger partial charge on any atom is 0.188 e. The number of rotatable bonds is 8. The van der Waals surface area contributed by atoms with Gasteiger partial charge in [-0.05, 0) is 42.1 Å². The summed E-state index contributed by atoms with van der Waals surface area (Å²) in [5.41, 5.74) is 2.51. The first-order chi connectivity index (χ1) is 9.26. The van der Waals surface area contributed by atoms with E-state index in [1.165, 1.54) is 11.1 Å². The fourth-order valence-corrected chi connectivity index (χ4v) is 2.56. The second kappa shape index (κ2) is 7.20. The maximum atomic E-state index is 10.3. The van der Waals surface area contributed by atoms with Crippen molar-refractivity contribution >= 4 is 8.32 Å². The first-order valence-corrected chi connectivity index (χ1v) is 10.2. The summed E-state index contributed by atoms with van der Waals surface area (Å²) in [5.74, 6) is 0. The van der Waals surface area contributed by atoms with E-state index >= 15 is 0 Å². The molecule has 0 saturated heterocycles. The van der Waals surface area contributed by atoms with Gasteiger partial charge >= 0.3 is 0 Å². The molecule has 0 aliphatic heterocycles. The lowest BCUT2D eigenvalue weighted by Crippen LogP contribution is -2.39. The average molecular weight is 292 g/mol. The number of hydrogen-bond donors (Lipinski definition) is 1. The Labute approximate surface area is 124 Å². The lowest BCUT2D eigenvalue weighted by Gasteiger charge is -2.35. The van der Waals surface area contributed by atoms with Crippen molar-refractivity contribution in [2.45, 2.75) is 51.4 Å². The van der Waals surface area contributed by atoms with E-state index < -0.39 is 8.32 Å². The van der Waals surface area contributed by atoms with Crippen LogP contribution in [0.1, 0.15) is 31.4 Å². The number of aryl methyl sites for hydroxylation is 1. The van der Waals surface area contributed by atoms with Gasteiger partial charge in [0.1, 0.15) is 0 Å². The van der Waals surface area contributed by atoms with Crippen molar-refractivity contribution in [1.29, 1.82) is 0 Å². The molecule has 112 valence electrons. The van der Waals surface area contributed by atoms with Crippen LogP contribution in [0.3, 0.4) is 0 Å². The van der Waals surface area contributed by atoms with E-state index in [4.69, 9.17) is 4.74 Å². The second-order valence-corrected chi connectivity index (χ2v) is 11.0. The summed E-state index contributed by atoms with van der Waals surface area (Å²) in [6, 6.07) is 8.56. The van der Waals surface area contributed by atoms with Gasteiger partial charge in [0.05, 0.1) is 13.2 Å². The zero-order valence-electron chi connectivity index (χ0n) is 13.3. The molecule has 0 saturated carbocycles. The van der Waals surface area contributed by atoms with Gasteiger partial charge in [0.15, 0.2) is 8.32 Å². The van der Waals surface area contributed by atoms with Gasteiger partial charge in [-0.2, -0.15) is 0 Å². The summed E-state index contributed by atoms with van der Waals surface area (Å²) in [6.45, 7) is 13.2. The maximum absolute atomic E-state index is 10.3. The molecule has 1 aromatic carbocycles. The Morgan fingerprint density at radius 2 is 1.75 bits per heavy atom. The van der Waals surface area contributed by atoms with Gasteiger partial charge in [-0.15, -0.1) is 6.58 Å². The third-order valence-corrected chi connectivity index (χ3v) is 7.78. The second-order valence-electron chi connectivity index (χ2n) is 6.56. The zero-order valence-corrected chi connectivity index (χ0v) is 14.3. The van der Waals surface area contributed by atoms with Crippen LogP contribution in [0, 0.1) is 0 Å². The van der Waals surface area contributed by atoms with Crippen LogP contribution in [0.4, 0.5) is 0 Å². The fraction of sp³-hybridized carbons (Fsp3) is 0.529. The van der Waals surface area contributed by atoms with E-state index in [9.17, 15) is 4.80 Å². The predicted octanol–water partition coefficient (Wildman–Crippen LogP) is 4.30. The monoisotopic (exact) mass is 292 g/mol. The highest BCUT2D eigenvalue weighted by Gasteiger charge is 2.37. The van der Waals surface area contributed by atoms with Crippen LogP contribution in [0.5, 0.6) is 0 Å². The molecular formula is C17H28O2Si. The minimum atomic E-state index is -2.10. The van der Waals surface area contributed by atoms with Crippen molar-refractivity contribution in [2.75, 3.05) is 6.61 Å². The molecule has 0 heterocycles. The largest absolute Gasteiger partial charge is 0.432 e. The van der Waals surface area contributed by atoms with Gasteiger partial charge in [-0.3, -0.25) is 0 Å². The van der Waals surface area contributed by atoms with Crippen molar-refractivity contribution in [3.63, 3.8) is 0 Å². The van der Waals surface area contributed by atoms with Crippen LogP contribution in [-0.2, 0) is 17.8 Å². The summed E-state index contributed by atoms with van der Waals surface area (Å²) in [4.78, 5) is 10.3. The molecule has 0 radical (unpaired) electrons. The molecule has 0 aromatic heterocycles. The Morgan fingerprint density at radius 3 is 2.25 bits per heavy atom. The molecule has 3 heteroatoms. The summed E-state index contributed by atoms with van der Waals surface area (Å²) in [7, 11) is -2.10. The quantitative estimate of drug-likeness (QED) is 0.440. The van der Waals surface area contributed by atoms with Crippen LogP contribution in [0.15, 0.2) is 36.9 Å². The molecule has 0 aliphatic carbocycles. The smallest absolute Gasteiger partial charge is 0.188 e. The minimum Gasteiger partial charge on any atom is -0.432 e. The van der Waals surface area contributed by atoms with Crippen LogP contribution in [-0.4, -0.2) is 19.7 Å². The Balaban J connectivity index is 2.51. The highest BCUT2D eigenvalue weighted by atomic mass is 28.4. The van der Waals surface area contributed by atoms with Crippen molar-refractivity contribution in [2.24, 2.45) is 0 Å². The number of hydrogen-bond acceptors (Lipinski definition) is 2. The summed E-state index contributed by atoms with van der Waals surface area (Å²) in [6.07, 6.45) is 3.80. The van der Waals surface area contributed by atoms with E-state index in [1.807, 2.05) is 13.1 Å². The minimum absolute atomic E-state index is 0.0404. The molecule has 0 unspecified atom stereocenters. The standard InChI is InChI=1S/C17H28O2Si/c1-6-13-19-14-16-9-7-15(8-10-16)11-12-17(2,3)20(4,5)18/h6-10,18H,1,11-14H2,2-5H3. The third-order valence-electron chi connectivity index (χ3n) is 4.22. The fourth-order valence-electron chi connectivity index (χ4n) is 1.83. The Bertz CT molecular complexity index is 416. The molecule has 1 N–H and O–H groups in total. The molecule has 2 nitrogen and oxygen atoms in total. The summed E-state index contributed by atoms with van der Waals surface area (Å²) < 4.78 is 5.42. The lowest BCUT2D eigenvalue weighted by atomic mass is 10.0.